The fraction of sp³-hybridized carbons (Fsp3) is 0.269. The Bertz CT molecular complexity index is 1390. The number of sulfonamides is 1. The Hall–Kier alpha value is -3.92. The zero-order valence-corrected chi connectivity index (χ0v) is 20.9. The number of amides is 3. The summed E-state index contributed by atoms with van der Waals surface area (Å²) in [5.74, 6) is -0.552. The molecule has 0 spiro atoms. The van der Waals surface area contributed by atoms with Crippen LogP contribution in [0.2, 0.25) is 0 Å². The lowest BCUT2D eigenvalue weighted by Crippen LogP contribution is -2.42. The summed E-state index contributed by atoms with van der Waals surface area (Å²) in [7, 11) is -3.95. The van der Waals surface area contributed by atoms with Crippen molar-refractivity contribution in [2.45, 2.75) is 44.2 Å². The number of furan rings is 1. The van der Waals surface area contributed by atoms with Gasteiger partial charge in [0.2, 0.25) is 0 Å². The van der Waals surface area contributed by atoms with E-state index >= 15 is 0 Å². The van der Waals surface area contributed by atoms with E-state index in [-0.39, 0.29) is 29.1 Å². The SMILES string of the molecule is CC(C)(C)OC(=O)N(CCc1ccco1)C(=O)c1ccc(CN2C(=O)c3ccccc3S2(=O)=O)cc1. The van der Waals surface area contributed by atoms with Crippen molar-refractivity contribution in [3.05, 3.63) is 89.4 Å². The summed E-state index contributed by atoms with van der Waals surface area (Å²) < 4.78 is 37.1. The van der Waals surface area contributed by atoms with Gasteiger partial charge in [0, 0.05) is 18.5 Å². The van der Waals surface area contributed by atoms with Gasteiger partial charge in [-0.3, -0.25) is 9.59 Å². The molecule has 0 saturated heterocycles. The fourth-order valence-electron chi connectivity index (χ4n) is 3.73. The van der Waals surface area contributed by atoms with Gasteiger partial charge in [-0.05, 0) is 62.7 Å². The molecule has 2 aromatic carbocycles. The lowest BCUT2D eigenvalue weighted by Gasteiger charge is -2.26. The summed E-state index contributed by atoms with van der Waals surface area (Å²) >= 11 is 0. The summed E-state index contributed by atoms with van der Waals surface area (Å²) in [6.07, 6.45) is 1.04. The molecule has 188 valence electrons. The van der Waals surface area contributed by atoms with E-state index in [1.54, 1.807) is 57.2 Å². The zero-order chi connectivity index (χ0) is 26.1. The van der Waals surface area contributed by atoms with Crippen molar-refractivity contribution in [3.8, 4) is 0 Å². The Morgan fingerprint density at radius 1 is 1.00 bits per heavy atom. The van der Waals surface area contributed by atoms with Crippen LogP contribution in [0.4, 0.5) is 4.79 Å². The van der Waals surface area contributed by atoms with Crippen LogP contribution < -0.4 is 0 Å². The third-order valence-electron chi connectivity index (χ3n) is 5.46. The second-order valence-electron chi connectivity index (χ2n) is 9.28. The van der Waals surface area contributed by atoms with Gasteiger partial charge >= 0.3 is 6.09 Å². The van der Waals surface area contributed by atoms with E-state index in [0.29, 0.717) is 17.7 Å². The largest absolute Gasteiger partial charge is 0.469 e. The van der Waals surface area contributed by atoms with Gasteiger partial charge in [-0.2, -0.15) is 0 Å². The topological polar surface area (TPSA) is 114 Å². The molecule has 9 nitrogen and oxygen atoms in total. The molecule has 1 aliphatic rings. The van der Waals surface area contributed by atoms with Gasteiger partial charge in [-0.15, -0.1) is 0 Å². The number of ether oxygens (including phenoxy) is 1. The van der Waals surface area contributed by atoms with E-state index in [0.717, 1.165) is 9.21 Å². The molecule has 2 heterocycles. The number of hydrogen-bond acceptors (Lipinski definition) is 7. The van der Waals surface area contributed by atoms with Gasteiger partial charge in [0.1, 0.15) is 16.3 Å². The van der Waals surface area contributed by atoms with Crippen LogP contribution in [0, 0.1) is 0 Å². The van der Waals surface area contributed by atoms with Crippen molar-refractivity contribution in [1.82, 2.24) is 9.21 Å². The molecule has 0 radical (unpaired) electrons. The van der Waals surface area contributed by atoms with E-state index in [9.17, 15) is 22.8 Å². The summed E-state index contributed by atoms with van der Waals surface area (Å²) in [6, 6.07) is 15.6. The number of fused-ring (bicyclic) bond motifs is 1. The van der Waals surface area contributed by atoms with E-state index in [2.05, 4.69) is 0 Å². The first-order valence-corrected chi connectivity index (χ1v) is 12.7. The number of nitrogens with zero attached hydrogens (tertiary/aromatic N) is 2. The molecule has 0 aliphatic carbocycles. The quantitative estimate of drug-likeness (QED) is 0.487. The molecule has 0 bridgehead atoms. The summed E-state index contributed by atoms with van der Waals surface area (Å²) in [6.45, 7) is 4.99. The monoisotopic (exact) mass is 510 g/mol. The number of hydrogen-bond donors (Lipinski definition) is 0. The molecule has 3 amide bonds. The third-order valence-corrected chi connectivity index (χ3v) is 7.25. The predicted octanol–water partition coefficient (Wildman–Crippen LogP) is 4.24. The second kappa shape index (κ2) is 9.62. The summed E-state index contributed by atoms with van der Waals surface area (Å²) in [4.78, 5) is 39.7. The van der Waals surface area contributed by atoms with Gasteiger partial charge in [-0.1, -0.05) is 24.3 Å². The molecule has 3 aromatic rings. The number of carbonyl (C=O) groups excluding carboxylic acids is 3. The highest BCUT2D eigenvalue weighted by molar-refractivity contribution is 7.90. The van der Waals surface area contributed by atoms with Gasteiger partial charge in [0.25, 0.3) is 21.8 Å². The highest BCUT2D eigenvalue weighted by Crippen LogP contribution is 2.31. The van der Waals surface area contributed by atoms with Crippen LogP contribution in [0.5, 0.6) is 0 Å². The first kappa shape index (κ1) is 25.2. The average molecular weight is 511 g/mol. The first-order chi connectivity index (χ1) is 17.0. The molecule has 1 aromatic heterocycles. The minimum Gasteiger partial charge on any atom is -0.469 e. The van der Waals surface area contributed by atoms with Gasteiger partial charge < -0.3 is 9.15 Å². The second-order valence-corrected chi connectivity index (χ2v) is 11.1. The highest BCUT2D eigenvalue weighted by atomic mass is 32.2. The third kappa shape index (κ3) is 5.18. The molecular formula is C26H26N2O7S. The van der Waals surface area contributed by atoms with Crippen LogP contribution in [-0.4, -0.2) is 47.7 Å². The van der Waals surface area contributed by atoms with Crippen LogP contribution >= 0.6 is 0 Å². The Balaban J connectivity index is 1.52. The molecule has 10 heteroatoms. The minimum absolute atomic E-state index is 0.0219. The predicted molar refractivity (Wildman–Crippen MR) is 130 cm³/mol. The number of rotatable bonds is 6. The minimum atomic E-state index is -3.95. The van der Waals surface area contributed by atoms with Crippen LogP contribution in [0.1, 0.15) is 52.8 Å². The van der Waals surface area contributed by atoms with Crippen molar-refractivity contribution in [1.29, 1.82) is 0 Å². The van der Waals surface area contributed by atoms with E-state index in [1.165, 1.54) is 30.5 Å². The molecule has 0 unspecified atom stereocenters. The molecule has 36 heavy (non-hydrogen) atoms. The van der Waals surface area contributed by atoms with Gasteiger partial charge in [0.15, 0.2) is 0 Å². The first-order valence-electron chi connectivity index (χ1n) is 11.3. The van der Waals surface area contributed by atoms with E-state index in [1.807, 2.05) is 0 Å². The fourth-order valence-corrected chi connectivity index (χ4v) is 5.29. The Labute approximate surface area is 209 Å². The van der Waals surface area contributed by atoms with Crippen molar-refractivity contribution in [2.75, 3.05) is 6.54 Å². The molecular weight excluding hydrogens is 484 g/mol. The Morgan fingerprint density at radius 3 is 2.31 bits per heavy atom. The zero-order valence-electron chi connectivity index (χ0n) is 20.1. The Morgan fingerprint density at radius 2 is 1.69 bits per heavy atom. The average Bonchev–Trinajstić information content (AvgIpc) is 3.40. The molecule has 4 rings (SSSR count). The van der Waals surface area contributed by atoms with Crippen LogP contribution in [-0.2, 0) is 27.7 Å². The maximum absolute atomic E-state index is 13.2. The molecule has 0 atom stereocenters. The molecule has 0 N–H and O–H groups in total. The van der Waals surface area contributed by atoms with Crippen LogP contribution in [0.25, 0.3) is 0 Å². The number of carbonyl (C=O) groups is 3. The molecule has 0 fully saturated rings. The normalized spacial score (nSPS) is 14.4. The molecule has 0 saturated carbocycles. The van der Waals surface area contributed by atoms with Crippen molar-refractivity contribution in [3.63, 3.8) is 0 Å². The van der Waals surface area contributed by atoms with Gasteiger partial charge in [0.05, 0.1) is 18.4 Å². The van der Waals surface area contributed by atoms with Crippen molar-refractivity contribution >= 4 is 27.9 Å². The van der Waals surface area contributed by atoms with Crippen molar-refractivity contribution < 1.29 is 32.0 Å². The maximum Gasteiger partial charge on any atom is 0.417 e. The number of imide groups is 1. The van der Waals surface area contributed by atoms with E-state index in [4.69, 9.17) is 9.15 Å². The highest BCUT2D eigenvalue weighted by Gasteiger charge is 2.40. The lowest BCUT2D eigenvalue weighted by molar-refractivity contribution is 0.0241. The maximum atomic E-state index is 13.2. The van der Waals surface area contributed by atoms with Crippen LogP contribution in [0.15, 0.2) is 76.2 Å². The summed E-state index contributed by atoms with van der Waals surface area (Å²) in [5, 5.41) is 0. The van der Waals surface area contributed by atoms with Crippen LogP contribution in [0.3, 0.4) is 0 Å². The van der Waals surface area contributed by atoms with Gasteiger partial charge in [-0.25, -0.2) is 22.4 Å². The lowest BCUT2D eigenvalue weighted by atomic mass is 10.1. The van der Waals surface area contributed by atoms with E-state index < -0.39 is 33.5 Å². The Kier molecular flexibility index (Phi) is 6.73. The summed E-state index contributed by atoms with van der Waals surface area (Å²) in [5.41, 5.74) is 0.0580. The molecule has 1 aliphatic heterocycles. The smallest absolute Gasteiger partial charge is 0.417 e. The number of benzene rings is 2. The van der Waals surface area contributed by atoms with Crippen molar-refractivity contribution in [2.24, 2.45) is 0 Å². The standard InChI is InChI=1S/C26H26N2O7S/c1-26(2,3)35-25(31)27(15-14-20-7-6-16-34-20)23(29)19-12-10-18(11-13-19)17-28-24(30)21-8-4-5-9-22(21)36(28,32)33/h4-13,16H,14-15,17H2,1-3H3.